The third-order valence-electron chi connectivity index (χ3n) is 3.14. The van der Waals surface area contributed by atoms with Gasteiger partial charge in [0.2, 0.25) is 5.91 Å². The van der Waals surface area contributed by atoms with Gasteiger partial charge in [-0.15, -0.1) is 0 Å². The van der Waals surface area contributed by atoms with Crippen LogP contribution in [0.4, 0.5) is 0 Å². The predicted molar refractivity (Wildman–Crippen MR) is 89.0 cm³/mol. The fourth-order valence-corrected chi connectivity index (χ4v) is 2.59. The van der Waals surface area contributed by atoms with Crippen molar-refractivity contribution in [2.75, 3.05) is 5.33 Å². The summed E-state index contributed by atoms with van der Waals surface area (Å²) in [6, 6.07) is 10.4. The lowest BCUT2D eigenvalue weighted by molar-refractivity contribution is -0.122. The zero-order valence-electron chi connectivity index (χ0n) is 12.8. The predicted octanol–water partition coefficient (Wildman–Crippen LogP) is 4.85. The Kier molecular flexibility index (Phi) is 7.28. The molecule has 3 heteroatoms. The number of halogens is 1. The molecule has 0 aromatic heterocycles. The molecule has 1 aromatic carbocycles. The first-order chi connectivity index (χ1) is 9.42. The Morgan fingerprint density at radius 2 is 1.85 bits per heavy atom. The molecule has 0 aliphatic rings. The number of rotatable bonds is 7. The minimum Gasteiger partial charge on any atom is -0.349 e. The molecule has 1 N–H and O–H groups in total. The zero-order valence-corrected chi connectivity index (χ0v) is 14.4. The molecule has 0 aliphatic heterocycles. The molecule has 0 saturated carbocycles. The first-order valence-electron chi connectivity index (χ1n) is 7.32. The number of alkyl halides is 1. The van der Waals surface area contributed by atoms with Crippen LogP contribution >= 0.6 is 15.9 Å². The minimum absolute atomic E-state index is 0.104. The molecule has 112 valence electrons. The van der Waals surface area contributed by atoms with E-state index in [-0.39, 0.29) is 17.4 Å². The van der Waals surface area contributed by atoms with Crippen molar-refractivity contribution in [2.45, 2.75) is 52.5 Å². The van der Waals surface area contributed by atoms with Crippen LogP contribution in [0.25, 0.3) is 0 Å². The standard InChI is InChI=1S/C17H26BrNO/c1-17(2,3)13-15(14-9-5-4-6-10-14)19-16(20)11-7-8-12-18/h4-6,9-10,15H,7-8,11-13H2,1-3H3,(H,19,20). The van der Waals surface area contributed by atoms with E-state index in [0.29, 0.717) is 6.42 Å². The Balaban J connectivity index is 2.66. The fraction of sp³-hybridized carbons (Fsp3) is 0.588. The van der Waals surface area contributed by atoms with Crippen LogP contribution in [-0.2, 0) is 4.79 Å². The van der Waals surface area contributed by atoms with E-state index in [1.165, 1.54) is 5.56 Å². The Labute approximate surface area is 131 Å². The third-order valence-corrected chi connectivity index (χ3v) is 3.70. The number of carbonyl (C=O) groups is 1. The molecule has 1 rings (SSSR count). The van der Waals surface area contributed by atoms with Crippen molar-refractivity contribution in [3.63, 3.8) is 0 Å². The number of hydrogen-bond acceptors (Lipinski definition) is 1. The van der Waals surface area contributed by atoms with Crippen LogP contribution in [0.5, 0.6) is 0 Å². The SMILES string of the molecule is CC(C)(C)CC(NC(=O)CCCCBr)c1ccccc1. The minimum atomic E-state index is 0.104. The van der Waals surface area contributed by atoms with Gasteiger partial charge in [0.15, 0.2) is 0 Å². The van der Waals surface area contributed by atoms with Crippen molar-refractivity contribution in [2.24, 2.45) is 5.41 Å². The number of carbonyl (C=O) groups excluding carboxylic acids is 1. The summed E-state index contributed by atoms with van der Waals surface area (Å²) < 4.78 is 0. The lowest BCUT2D eigenvalue weighted by Gasteiger charge is -2.27. The largest absolute Gasteiger partial charge is 0.349 e. The first kappa shape index (κ1) is 17.2. The Morgan fingerprint density at radius 1 is 1.20 bits per heavy atom. The maximum Gasteiger partial charge on any atom is 0.220 e. The molecule has 0 heterocycles. The Bertz CT molecular complexity index is 397. The molecule has 0 saturated heterocycles. The highest BCUT2D eigenvalue weighted by molar-refractivity contribution is 9.09. The van der Waals surface area contributed by atoms with Gasteiger partial charge in [-0.25, -0.2) is 0 Å². The van der Waals surface area contributed by atoms with E-state index < -0.39 is 0 Å². The van der Waals surface area contributed by atoms with Crippen molar-refractivity contribution < 1.29 is 4.79 Å². The monoisotopic (exact) mass is 339 g/mol. The van der Waals surface area contributed by atoms with Crippen molar-refractivity contribution in [1.82, 2.24) is 5.32 Å². The average Bonchev–Trinajstić information content (AvgIpc) is 2.38. The van der Waals surface area contributed by atoms with Crippen molar-refractivity contribution in [3.8, 4) is 0 Å². The third kappa shape index (κ3) is 7.09. The van der Waals surface area contributed by atoms with E-state index in [0.717, 1.165) is 24.6 Å². The second-order valence-electron chi connectivity index (χ2n) is 6.44. The molecule has 2 nitrogen and oxygen atoms in total. The number of hydrogen-bond donors (Lipinski definition) is 1. The molecule has 1 atom stereocenters. The van der Waals surface area contributed by atoms with Crippen LogP contribution in [-0.4, -0.2) is 11.2 Å². The normalized spacial score (nSPS) is 13.0. The van der Waals surface area contributed by atoms with Crippen LogP contribution in [0, 0.1) is 5.41 Å². The summed E-state index contributed by atoms with van der Waals surface area (Å²) in [6.07, 6.45) is 3.54. The van der Waals surface area contributed by atoms with Gasteiger partial charge in [-0.1, -0.05) is 67.0 Å². The molecule has 0 aliphatic carbocycles. The highest BCUT2D eigenvalue weighted by Gasteiger charge is 2.21. The van der Waals surface area contributed by atoms with E-state index in [2.05, 4.69) is 54.2 Å². The maximum absolute atomic E-state index is 12.1. The van der Waals surface area contributed by atoms with Crippen LogP contribution in [0.15, 0.2) is 30.3 Å². The highest BCUT2D eigenvalue weighted by Crippen LogP contribution is 2.29. The number of benzene rings is 1. The molecule has 20 heavy (non-hydrogen) atoms. The second-order valence-corrected chi connectivity index (χ2v) is 7.23. The summed E-state index contributed by atoms with van der Waals surface area (Å²) in [5.74, 6) is 0.157. The Hall–Kier alpha value is -0.830. The van der Waals surface area contributed by atoms with Crippen LogP contribution in [0.1, 0.15) is 58.1 Å². The number of nitrogens with one attached hydrogen (secondary N) is 1. The molecule has 0 bridgehead atoms. The molecule has 0 fully saturated rings. The average molecular weight is 340 g/mol. The molecule has 0 spiro atoms. The van der Waals surface area contributed by atoms with Crippen molar-refractivity contribution in [3.05, 3.63) is 35.9 Å². The molecular weight excluding hydrogens is 314 g/mol. The maximum atomic E-state index is 12.1. The lowest BCUT2D eigenvalue weighted by atomic mass is 9.85. The van der Waals surface area contributed by atoms with Gasteiger partial charge < -0.3 is 5.32 Å². The second kappa shape index (κ2) is 8.46. The van der Waals surface area contributed by atoms with Gasteiger partial charge in [0.1, 0.15) is 0 Å². The van der Waals surface area contributed by atoms with E-state index in [9.17, 15) is 4.79 Å². The fourth-order valence-electron chi connectivity index (χ4n) is 2.20. The van der Waals surface area contributed by atoms with Gasteiger partial charge in [0.25, 0.3) is 0 Å². The van der Waals surface area contributed by atoms with E-state index in [1.54, 1.807) is 0 Å². The Morgan fingerprint density at radius 3 is 2.40 bits per heavy atom. The quantitative estimate of drug-likeness (QED) is 0.558. The summed E-state index contributed by atoms with van der Waals surface area (Å²) >= 11 is 3.40. The van der Waals surface area contributed by atoms with Gasteiger partial charge in [0, 0.05) is 11.8 Å². The molecule has 1 unspecified atom stereocenters. The molecule has 1 amide bonds. The topological polar surface area (TPSA) is 29.1 Å². The first-order valence-corrected chi connectivity index (χ1v) is 8.45. The van der Waals surface area contributed by atoms with Gasteiger partial charge >= 0.3 is 0 Å². The van der Waals surface area contributed by atoms with E-state index in [4.69, 9.17) is 0 Å². The van der Waals surface area contributed by atoms with Gasteiger partial charge in [-0.05, 0) is 30.2 Å². The molecule has 1 aromatic rings. The molecular formula is C17H26BrNO. The zero-order chi connectivity index (χ0) is 15.0. The summed E-state index contributed by atoms with van der Waals surface area (Å²) in [5.41, 5.74) is 1.38. The van der Waals surface area contributed by atoms with Crippen LogP contribution in [0.2, 0.25) is 0 Å². The van der Waals surface area contributed by atoms with E-state index >= 15 is 0 Å². The smallest absolute Gasteiger partial charge is 0.220 e. The van der Waals surface area contributed by atoms with Gasteiger partial charge in [0.05, 0.1) is 6.04 Å². The van der Waals surface area contributed by atoms with E-state index in [1.807, 2.05) is 18.2 Å². The number of unbranched alkanes of at least 4 members (excludes halogenated alkanes) is 1. The summed E-state index contributed by atoms with van der Waals surface area (Å²) in [6.45, 7) is 6.62. The van der Waals surface area contributed by atoms with Crippen LogP contribution in [0.3, 0.4) is 0 Å². The number of amides is 1. The molecule has 0 radical (unpaired) electrons. The summed E-state index contributed by atoms with van der Waals surface area (Å²) in [5, 5.41) is 4.16. The highest BCUT2D eigenvalue weighted by atomic mass is 79.9. The summed E-state index contributed by atoms with van der Waals surface area (Å²) in [7, 11) is 0. The summed E-state index contributed by atoms with van der Waals surface area (Å²) in [4.78, 5) is 12.1. The van der Waals surface area contributed by atoms with Crippen molar-refractivity contribution in [1.29, 1.82) is 0 Å². The lowest BCUT2D eigenvalue weighted by Crippen LogP contribution is -2.31. The van der Waals surface area contributed by atoms with Gasteiger partial charge in [-0.2, -0.15) is 0 Å². The van der Waals surface area contributed by atoms with Gasteiger partial charge in [-0.3, -0.25) is 4.79 Å². The van der Waals surface area contributed by atoms with Crippen LogP contribution < -0.4 is 5.32 Å². The van der Waals surface area contributed by atoms with Crippen molar-refractivity contribution >= 4 is 21.8 Å².